The second kappa shape index (κ2) is 6.00. The number of hydrogen-bond acceptors (Lipinski definition) is 3. The van der Waals surface area contributed by atoms with E-state index >= 15 is 0 Å². The second-order valence-electron chi connectivity index (χ2n) is 4.48. The number of aromatic nitrogens is 1. The first-order chi connectivity index (χ1) is 9.16. The van der Waals surface area contributed by atoms with E-state index in [0.29, 0.717) is 12.1 Å². The van der Waals surface area contributed by atoms with Crippen molar-refractivity contribution >= 4 is 11.6 Å². The average Bonchev–Trinajstić information content (AvgIpc) is 2.46. The fourth-order valence-corrected chi connectivity index (χ4v) is 1.73. The molecule has 0 aliphatic rings. The third kappa shape index (κ3) is 3.55. The minimum absolute atomic E-state index is 0.0855. The van der Waals surface area contributed by atoms with Crippen LogP contribution in [0.15, 0.2) is 48.8 Å². The van der Waals surface area contributed by atoms with E-state index in [4.69, 9.17) is 0 Å². The number of hydrogen-bond donors (Lipinski definition) is 1. The van der Waals surface area contributed by atoms with E-state index in [1.165, 1.54) is 0 Å². The van der Waals surface area contributed by atoms with E-state index in [2.05, 4.69) is 16.4 Å². The summed E-state index contributed by atoms with van der Waals surface area (Å²) in [5, 5.41) is 2.90. The van der Waals surface area contributed by atoms with Crippen LogP contribution in [-0.2, 0) is 6.54 Å². The highest BCUT2D eigenvalue weighted by Gasteiger charge is 2.04. The average molecular weight is 255 g/mol. The van der Waals surface area contributed by atoms with E-state index in [1.807, 2.05) is 37.2 Å². The summed E-state index contributed by atoms with van der Waals surface area (Å²) in [5.74, 6) is -0.0855. The fourth-order valence-electron chi connectivity index (χ4n) is 1.73. The maximum absolute atomic E-state index is 11.9. The van der Waals surface area contributed by atoms with Gasteiger partial charge < -0.3 is 10.2 Å². The smallest absolute Gasteiger partial charge is 0.251 e. The van der Waals surface area contributed by atoms with Gasteiger partial charge in [-0.1, -0.05) is 12.1 Å². The molecule has 0 aliphatic heterocycles. The second-order valence-corrected chi connectivity index (χ2v) is 4.48. The Kier molecular flexibility index (Phi) is 4.13. The normalized spacial score (nSPS) is 10.0. The summed E-state index contributed by atoms with van der Waals surface area (Å²) in [7, 11) is 3.99. The Labute approximate surface area is 113 Å². The van der Waals surface area contributed by atoms with Crippen molar-refractivity contribution in [3.05, 3.63) is 59.9 Å². The topological polar surface area (TPSA) is 45.2 Å². The Balaban J connectivity index is 1.99. The molecule has 1 aromatic carbocycles. The van der Waals surface area contributed by atoms with Gasteiger partial charge in [0.05, 0.1) is 0 Å². The Morgan fingerprint density at radius 2 is 1.95 bits per heavy atom. The first kappa shape index (κ1) is 13.1. The van der Waals surface area contributed by atoms with Crippen LogP contribution in [0.4, 0.5) is 5.69 Å². The lowest BCUT2D eigenvalue weighted by Gasteiger charge is -2.13. The van der Waals surface area contributed by atoms with E-state index in [1.54, 1.807) is 24.5 Å². The molecule has 0 radical (unpaired) electrons. The standard InChI is InChI=1S/C15H17N3O/c1-18(2)14-5-3-4-12(10-14)11-17-15(19)13-6-8-16-9-7-13/h3-10H,11H2,1-2H3,(H,17,19). The molecule has 1 heterocycles. The summed E-state index contributed by atoms with van der Waals surface area (Å²) in [6.45, 7) is 0.517. The van der Waals surface area contributed by atoms with Gasteiger partial charge in [0.2, 0.25) is 0 Å². The van der Waals surface area contributed by atoms with Crippen molar-refractivity contribution in [1.82, 2.24) is 10.3 Å². The lowest BCUT2D eigenvalue weighted by atomic mass is 10.2. The third-order valence-electron chi connectivity index (χ3n) is 2.82. The van der Waals surface area contributed by atoms with Crippen LogP contribution in [0.25, 0.3) is 0 Å². The zero-order valence-electron chi connectivity index (χ0n) is 11.1. The number of anilines is 1. The largest absolute Gasteiger partial charge is 0.378 e. The number of carbonyl (C=O) groups is 1. The maximum atomic E-state index is 11.9. The van der Waals surface area contributed by atoms with Gasteiger partial charge in [-0.2, -0.15) is 0 Å². The van der Waals surface area contributed by atoms with Crippen molar-refractivity contribution in [2.24, 2.45) is 0 Å². The number of rotatable bonds is 4. The molecule has 1 aromatic heterocycles. The molecule has 0 saturated carbocycles. The van der Waals surface area contributed by atoms with Crippen LogP contribution >= 0.6 is 0 Å². The van der Waals surface area contributed by atoms with E-state index in [0.717, 1.165) is 11.3 Å². The molecule has 2 rings (SSSR count). The molecule has 0 saturated heterocycles. The van der Waals surface area contributed by atoms with Crippen LogP contribution in [0.2, 0.25) is 0 Å². The zero-order valence-corrected chi connectivity index (χ0v) is 11.1. The van der Waals surface area contributed by atoms with Gasteiger partial charge in [-0.15, -0.1) is 0 Å². The first-order valence-electron chi connectivity index (χ1n) is 6.11. The predicted molar refractivity (Wildman–Crippen MR) is 76.2 cm³/mol. The highest BCUT2D eigenvalue weighted by molar-refractivity contribution is 5.93. The van der Waals surface area contributed by atoms with E-state index in [9.17, 15) is 4.79 Å². The Bertz CT molecular complexity index is 552. The monoisotopic (exact) mass is 255 g/mol. The molecule has 0 aliphatic carbocycles. The molecular formula is C15H17N3O. The molecule has 0 atom stereocenters. The molecule has 1 N–H and O–H groups in total. The van der Waals surface area contributed by atoms with Crippen LogP contribution in [0, 0.1) is 0 Å². The lowest BCUT2D eigenvalue weighted by molar-refractivity contribution is 0.0951. The number of carbonyl (C=O) groups excluding carboxylic acids is 1. The van der Waals surface area contributed by atoms with E-state index < -0.39 is 0 Å². The summed E-state index contributed by atoms with van der Waals surface area (Å²) in [4.78, 5) is 17.8. The van der Waals surface area contributed by atoms with Crippen LogP contribution in [0.5, 0.6) is 0 Å². The minimum Gasteiger partial charge on any atom is -0.378 e. The van der Waals surface area contributed by atoms with E-state index in [-0.39, 0.29) is 5.91 Å². The number of nitrogens with one attached hydrogen (secondary N) is 1. The summed E-state index contributed by atoms with van der Waals surface area (Å²) in [6.07, 6.45) is 3.23. The van der Waals surface area contributed by atoms with Gasteiger partial charge in [0.15, 0.2) is 0 Å². The van der Waals surface area contributed by atoms with Gasteiger partial charge in [-0.25, -0.2) is 0 Å². The van der Waals surface area contributed by atoms with Crippen molar-refractivity contribution in [2.75, 3.05) is 19.0 Å². The molecule has 0 fully saturated rings. The lowest BCUT2D eigenvalue weighted by Crippen LogP contribution is -2.22. The molecule has 4 heteroatoms. The molecule has 19 heavy (non-hydrogen) atoms. The Hall–Kier alpha value is -2.36. The van der Waals surface area contributed by atoms with Crippen molar-refractivity contribution in [3.8, 4) is 0 Å². The van der Waals surface area contributed by atoms with Crippen LogP contribution in [0.1, 0.15) is 15.9 Å². The van der Waals surface area contributed by atoms with Crippen molar-refractivity contribution in [2.45, 2.75) is 6.54 Å². The maximum Gasteiger partial charge on any atom is 0.251 e. The molecule has 2 aromatic rings. The minimum atomic E-state index is -0.0855. The number of pyridine rings is 1. The molecular weight excluding hydrogens is 238 g/mol. The highest BCUT2D eigenvalue weighted by Crippen LogP contribution is 2.13. The Morgan fingerprint density at radius 1 is 1.21 bits per heavy atom. The van der Waals surface area contributed by atoms with Crippen molar-refractivity contribution in [1.29, 1.82) is 0 Å². The number of benzene rings is 1. The van der Waals surface area contributed by atoms with Gasteiger partial charge in [-0.05, 0) is 29.8 Å². The summed E-state index contributed by atoms with van der Waals surface area (Å²) >= 11 is 0. The highest BCUT2D eigenvalue weighted by atomic mass is 16.1. The van der Waals surface area contributed by atoms with Crippen LogP contribution in [0.3, 0.4) is 0 Å². The summed E-state index contributed by atoms with van der Waals surface area (Å²) in [5.41, 5.74) is 2.82. The fraction of sp³-hybridized carbons (Fsp3) is 0.200. The van der Waals surface area contributed by atoms with Gasteiger partial charge >= 0.3 is 0 Å². The first-order valence-corrected chi connectivity index (χ1v) is 6.11. The number of amides is 1. The SMILES string of the molecule is CN(C)c1cccc(CNC(=O)c2ccncc2)c1. The predicted octanol–water partition coefficient (Wildman–Crippen LogP) is 2.08. The van der Waals surface area contributed by atoms with Gasteiger partial charge in [0.1, 0.15) is 0 Å². The molecule has 0 bridgehead atoms. The van der Waals surface area contributed by atoms with Crippen LogP contribution in [-0.4, -0.2) is 25.0 Å². The summed E-state index contributed by atoms with van der Waals surface area (Å²) in [6, 6.07) is 11.5. The molecule has 98 valence electrons. The molecule has 0 unspecified atom stereocenters. The molecule has 1 amide bonds. The van der Waals surface area contributed by atoms with Gasteiger partial charge in [0.25, 0.3) is 5.91 Å². The number of nitrogens with zero attached hydrogens (tertiary/aromatic N) is 2. The Morgan fingerprint density at radius 3 is 2.63 bits per heavy atom. The third-order valence-corrected chi connectivity index (χ3v) is 2.82. The zero-order chi connectivity index (χ0) is 13.7. The summed E-state index contributed by atoms with van der Waals surface area (Å²) < 4.78 is 0. The van der Waals surface area contributed by atoms with Crippen molar-refractivity contribution < 1.29 is 4.79 Å². The van der Waals surface area contributed by atoms with Gasteiger partial charge in [0, 0.05) is 44.3 Å². The quantitative estimate of drug-likeness (QED) is 0.909. The van der Waals surface area contributed by atoms with Crippen molar-refractivity contribution in [3.63, 3.8) is 0 Å². The molecule has 4 nitrogen and oxygen atoms in total. The molecule has 0 spiro atoms. The van der Waals surface area contributed by atoms with Gasteiger partial charge in [-0.3, -0.25) is 9.78 Å². The van der Waals surface area contributed by atoms with Crippen LogP contribution < -0.4 is 10.2 Å².